The summed E-state index contributed by atoms with van der Waals surface area (Å²) in [6.07, 6.45) is 2.01. The quantitative estimate of drug-likeness (QED) is 0.684. The van der Waals surface area contributed by atoms with E-state index >= 15 is 0 Å². The molecule has 2 aromatic carbocycles. The van der Waals surface area contributed by atoms with Crippen LogP contribution < -0.4 is 5.32 Å². The van der Waals surface area contributed by atoms with Gasteiger partial charge in [0.2, 0.25) is 15.9 Å². The molecular formula is C20H22N4O3S2. The molecule has 0 radical (unpaired) electrons. The highest BCUT2D eigenvalue weighted by atomic mass is 32.2. The van der Waals surface area contributed by atoms with Gasteiger partial charge in [0.15, 0.2) is 0 Å². The van der Waals surface area contributed by atoms with E-state index in [1.807, 2.05) is 32.0 Å². The molecular weight excluding hydrogens is 408 g/mol. The summed E-state index contributed by atoms with van der Waals surface area (Å²) in [5.41, 5.74) is 3.66. The molecule has 2 heterocycles. The van der Waals surface area contributed by atoms with Gasteiger partial charge in [-0.2, -0.15) is 13.1 Å². The zero-order valence-electron chi connectivity index (χ0n) is 16.3. The van der Waals surface area contributed by atoms with E-state index in [0.29, 0.717) is 29.7 Å². The normalized spacial score (nSPS) is 18.1. The number of carbonyl (C=O) groups excluding carboxylic acids is 1. The summed E-state index contributed by atoms with van der Waals surface area (Å²) in [5.74, 6) is -0.300. The van der Waals surface area contributed by atoms with Crippen LogP contribution in [0.4, 0.5) is 5.69 Å². The Balaban J connectivity index is 1.67. The van der Waals surface area contributed by atoms with E-state index < -0.39 is 16.1 Å². The van der Waals surface area contributed by atoms with Crippen LogP contribution in [0.15, 0.2) is 41.3 Å². The van der Waals surface area contributed by atoms with Crippen LogP contribution in [-0.2, 0) is 14.8 Å². The van der Waals surface area contributed by atoms with Crippen LogP contribution in [0, 0.1) is 13.8 Å². The maximum atomic E-state index is 13.5. The van der Waals surface area contributed by atoms with Crippen molar-refractivity contribution < 1.29 is 13.2 Å². The van der Waals surface area contributed by atoms with Crippen LogP contribution in [0.1, 0.15) is 30.4 Å². The highest BCUT2D eigenvalue weighted by molar-refractivity contribution is 7.89. The van der Waals surface area contributed by atoms with Crippen LogP contribution in [0.5, 0.6) is 0 Å². The van der Waals surface area contributed by atoms with E-state index in [0.717, 1.165) is 35.7 Å². The first-order valence-electron chi connectivity index (χ1n) is 9.50. The van der Waals surface area contributed by atoms with Gasteiger partial charge in [0, 0.05) is 12.2 Å². The van der Waals surface area contributed by atoms with E-state index in [4.69, 9.17) is 0 Å². The fraction of sp³-hybridized carbons (Fsp3) is 0.350. The van der Waals surface area contributed by atoms with Crippen molar-refractivity contribution in [2.45, 2.75) is 44.0 Å². The Labute approximate surface area is 174 Å². The predicted molar refractivity (Wildman–Crippen MR) is 113 cm³/mol. The number of hydrogen-bond donors (Lipinski definition) is 1. The molecule has 1 atom stereocenters. The van der Waals surface area contributed by atoms with Gasteiger partial charge in [-0.25, -0.2) is 8.42 Å². The summed E-state index contributed by atoms with van der Waals surface area (Å²) in [5, 5.41) is 2.94. The molecule has 1 aliphatic rings. The maximum absolute atomic E-state index is 13.5. The Morgan fingerprint density at radius 2 is 1.93 bits per heavy atom. The summed E-state index contributed by atoms with van der Waals surface area (Å²) >= 11 is 0.979. The van der Waals surface area contributed by atoms with Crippen LogP contribution in [0.3, 0.4) is 0 Å². The molecule has 1 N–H and O–H groups in total. The summed E-state index contributed by atoms with van der Waals surface area (Å²) in [6, 6.07) is 9.87. The van der Waals surface area contributed by atoms with Crippen molar-refractivity contribution in [3.63, 3.8) is 0 Å². The van der Waals surface area contributed by atoms with Crippen molar-refractivity contribution in [3.05, 3.63) is 47.5 Å². The van der Waals surface area contributed by atoms with Crippen molar-refractivity contribution >= 4 is 44.4 Å². The SMILES string of the molecule is Cc1cccc(NC(=O)C2CCCCN2S(=O)(=O)c2cccc3nsnc23)c1C. The van der Waals surface area contributed by atoms with Crippen molar-refractivity contribution in [1.29, 1.82) is 0 Å². The molecule has 1 amide bonds. The number of amides is 1. The molecule has 0 bridgehead atoms. The van der Waals surface area contributed by atoms with Gasteiger partial charge < -0.3 is 5.32 Å². The monoisotopic (exact) mass is 430 g/mol. The largest absolute Gasteiger partial charge is 0.324 e. The van der Waals surface area contributed by atoms with Crippen LogP contribution in [-0.4, -0.2) is 40.0 Å². The molecule has 1 fully saturated rings. The fourth-order valence-corrected chi connectivity index (χ4v) is 6.08. The van der Waals surface area contributed by atoms with Crippen molar-refractivity contribution in [2.24, 2.45) is 0 Å². The standard InChI is InChI=1S/C20H22N4O3S2/c1-13-7-5-8-15(14(13)2)21-20(25)17-10-3-4-12-24(17)29(26,27)18-11-6-9-16-19(18)23-28-22-16/h5-9,11,17H,3-4,10,12H2,1-2H3,(H,21,25). The van der Waals surface area contributed by atoms with Crippen LogP contribution in [0.25, 0.3) is 11.0 Å². The van der Waals surface area contributed by atoms with Crippen LogP contribution >= 0.6 is 11.7 Å². The molecule has 0 spiro atoms. The third-order valence-corrected chi connectivity index (χ3v) is 7.94. The number of rotatable bonds is 4. The molecule has 1 aromatic heterocycles. The fourth-order valence-electron chi connectivity index (χ4n) is 3.67. The lowest BCUT2D eigenvalue weighted by Crippen LogP contribution is -2.49. The Hall–Kier alpha value is -2.36. The molecule has 152 valence electrons. The lowest BCUT2D eigenvalue weighted by molar-refractivity contribution is -0.120. The minimum Gasteiger partial charge on any atom is -0.324 e. The second-order valence-corrected chi connectivity index (χ2v) is 9.64. The van der Waals surface area contributed by atoms with Gasteiger partial charge in [-0.1, -0.05) is 24.6 Å². The van der Waals surface area contributed by atoms with Gasteiger partial charge in [0.05, 0.1) is 11.7 Å². The molecule has 1 aliphatic heterocycles. The highest BCUT2D eigenvalue weighted by Crippen LogP contribution is 2.30. The first-order chi connectivity index (χ1) is 13.9. The number of aromatic nitrogens is 2. The second kappa shape index (κ2) is 7.81. The number of fused-ring (bicyclic) bond motifs is 1. The number of carbonyl (C=O) groups is 1. The number of nitrogens with one attached hydrogen (secondary N) is 1. The molecule has 1 saturated heterocycles. The lowest BCUT2D eigenvalue weighted by atomic mass is 10.0. The van der Waals surface area contributed by atoms with Crippen molar-refractivity contribution in [2.75, 3.05) is 11.9 Å². The first kappa shape index (κ1) is 19.9. The molecule has 0 aliphatic carbocycles. The predicted octanol–water partition coefficient (Wildman–Crippen LogP) is 3.49. The molecule has 29 heavy (non-hydrogen) atoms. The van der Waals surface area contributed by atoms with Crippen LogP contribution in [0.2, 0.25) is 0 Å². The molecule has 9 heteroatoms. The van der Waals surface area contributed by atoms with E-state index in [2.05, 4.69) is 14.1 Å². The van der Waals surface area contributed by atoms with E-state index in [1.165, 1.54) is 10.4 Å². The van der Waals surface area contributed by atoms with Crippen molar-refractivity contribution in [3.8, 4) is 0 Å². The van der Waals surface area contributed by atoms with Gasteiger partial charge in [0.25, 0.3) is 0 Å². The minimum atomic E-state index is -3.89. The zero-order valence-corrected chi connectivity index (χ0v) is 17.9. The Morgan fingerprint density at radius 3 is 2.76 bits per heavy atom. The number of benzene rings is 2. The lowest BCUT2D eigenvalue weighted by Gasteiger charge is -2.33. The smallest absolute Gasteiger partial charge is 0.246 e. The molecule has 0 saturated carbocycles. The number of sulfonamides is 1. The summed E-state index contributed by atoms with van der Waals surface area (Å²) in [7, 11) is -3.89. The number of hydrogen-bond acceptors (Lipinski definition) is 6. The Kier molecular flexibility index (Phi) is 5.37. The zero-order chi connectivity index (χ0) is 20.6. The molecule has 4 rings (SSSR count). The van der Waals surface area contributed by atoms with E-state index in [-0.39, 0.29) is 10.8 Å². The number of aryl methyl sites for hydroxylation is 1. The minimum absolute atomic E-state index is 0.107. The average Bonchev–Trinajstić information content (AvgIpc) is 3.20. The third kappa shape index (κ3) is 3.65. The second-order valence-electron chi connectivity index (χ2n) is 7.25. The van der Waals surface area contributed by atoms with E-state index in [9.17, 15) is 13.2 Å². The number of piperidine rings is 1. The number of nitrogens with zero attached hydrogens (tertiary/aromatic N) is 3. The Morgan fingerprint density at radius 1 is 1.14 bits per heavy atom. The van der Waals surface area contributed by atoms with Gasteiger partial charge in [-0.05, 0) is 56.0 Å². The first-order valence-corrected chi connectivity index (χ1v) is 11.7. The van der Waals surface area contributed by atoms with Gasteiger partial charge in [0.1, 0.15) is 22.0 Å². The molecule has 1 unspecified atom stereocenters. The summed E-state index contributed by atoms with van der Waals surface area (Å²) < 4.78 is 36.6. The van der Waals surface area contributed by atoms with Gasteiger partial charge in [-0.15, -0.1) is 0 Å². The van der Waals surface area contributed by atoms with Gasteiger partial charge >= 0.3 is 0 Å². The highest BCUT2D eigenvalue weighted by Gasteiger charge is 2.38. The van der Waals surface area contributed by atoms with E-state index in [1.54, 1.807) is 12.1 Å². The summed E-state index contributed by atoms with van der Waals surface area (Å²) in [6.45, 7) is 4.22. The van der Waals surface area contributed by atoms with Crippen molar-refractivity contribution in [1.82, 2.24) is 13.1 Å². The number of anilines is 1. The topological polar surface area (TPSA) is 92.3 Å². The average molecular weight is 431 g/mol. The molecule has 3 aromatic rings. The summed E-state index contributed by atoms with van der Waals surface area (Å²) in [4.78, 5) is 13.2. The Bertz CT molecular complexity index is 1170. The third-order valence-electron chi connectivity index (χ3n) is 5.45. The molecule has 7 nitrogen and oxygen atoms in total. The maximum Gasteiger partial charge on any atom is 0.246 e. The van der Waals surface area contributed by atoms with Gasteiger partial charge in [-0.3, -0.25) is 4.79 Å².